The lowest BCUT2D eigenvalue weighted by molar-refractivity contribution is -0.167. The maximum Gasteiger partial charge on any atom is 0.306 e. The molecule has 0 unspecified atom stereocenters. The highest BCUT2D eigenvalue weighted by Crippen LogP contribution is 2.15. The number of aliphatic carboxylic acids is 3. The van der Waals surface area contributed by atoms with Gasteiger partial charge >= 0.3 is 35.8 Å². The molecule has 0 spiro atoms. The van der Waals surface area contributed by atoms with Gasteiger partial charge in [-0.25, -0.2) is 0 Å². The zero-order valence-electron chi connectivity index (χ0n) is 49.9. The average Bonchev–Trinajstić information content (AvgIpc) is 3.38. The van der Waals surface area contributed by atoms with Crippen molar-refractivity contribution in [3.63, 3.8) is 0 Å². The summed E-state index contributed by atoms with van der Waals surface area (Å²) in [5.74, 6) is -2.88. The number of unbranched alkanes of at least 4 members (excludes halogenated alkanes) is 36. The monoisotopic (exact) mass is 1070 g/mol. The van der Waals surface area contributed by atoms with Crippen LogP contribution < -0.4 is 0 Å². The number of carbonyl (C=O) groups is 6. The molecule has 0 fully saturated rings. The van der Waals surface area contributed by atoms with Crippen LogP contribution in [-0.4, -0.2) is 70.5 Å². The van der Waals surface area contributed by atoms with Gasteiger partial charge < -0.3 is 29.5 Å². The smallest absolute Gasteiger partial charge is 0.306 e. The van der Waals surface area contributed by atoms with Crippen molar-refractivity contribution in [2.75, 3.05) is 13.2 Å². The molecule has 12 heteroatoms. The predicted molar refractivity (Wildman–Crippen MR) is 310 cm³/mol. The molecule has 0 heterocycles. The van der Waals surface area contributed by atoms with E-state index in [0.29, 0.717) is 38.5 Å². The minimum Gasteiger partial charge on any atom is -0.481 e. The van der Waals surface area contributed by atoms with Crippen LogP contribution in [0, 0.1) is 0 Å². The molecule has 0 aliphatic carbocycles. The second-order valence-corrected chi connectivity index (χ2v) is 20.9. The second kappa shape index (κ2) is 68.8. The number of ether oxygens (including phenoxy) is 3. The van der Waals surface area contributed by atoms with Crippen molar-refractivity contribution >= 4 is 35.8 Å². The number of carboxylic acids is 3. The highest BCUT2D eigenvalue weighted by atomic mass is 16.6. The van der Waals surface area contributed by atoms with Gasteiger partial charge in [-0.05, 0) is 38.5 Å². The molecule has 446 valence electrons. The molecule has 0 radical (unpaired) electrons. The molecule has 0 saturated heterocycles. The fourth-order valence-electron chi connectivity index (χ4n) is 8.26. The van der Waals surface area contributed by atoms with Gasteiger partial charge in [0, 0.05) is 38.5 Å². The van der Waals surface area contributed by atoms with Crippen LogP contribution >= 0.6 is 0 Å². The molecule has 0 aromatic heterocycles. The van der Waals surface area contributed by atoms with Crippen molar-refractivity contribution in [1.29, 1.82) is 0 Å². The number of carbonyl (C=O) groups excluding carboxylic acids is 3. The summed E-state index contributed by atoms with van der Waals surface area (Å²) < 4.78 is 16.5. The standard InChI is InChI=1S/C39H74O6.C10H20O2.C8H16O2.C6H12O2/c1-4-7-10-13-16-19-22-25-28-31-37(40)43-34-36(45-39(42)33-30-27-24-21-18-15-12-9-6-3)35-44-38(41)32-29-26-23-20-17-14-11-8-5-2;1-2-3-4-5-6-7-8-9-10(11)12;1-2-3-4-5-6-7-8(9)10;1-2-3-4-5-6(7)8/h36H,4-35H2,1-3H3;2-9H2,1H3,(H,11,12);2-7H2,1H3,(H,9,10);2-5H2,1H3,(H,7,8). The van der Waals surface area contributed by atoms with Crippen LogP contribution in [0.15, 0.2) is 0 Å². The molecular weight excluding hydrogens is 949 g/mol. The predicted octanol–water partition coefficient (Wildman–Crippen LogP) is 19.0. The van der Waals surface area contributed by atoms with E-state index >= 15 is 0 Å². The highest BCUT2D eigenvalue weighted by Gasteiger charge is 2.19. The van der Waals surface area contributed by atoms with Crippen molar-refractivity contribution < 1.29 is 58.3 Å². The Morgan fingerprint density at radius 3 is 0.653 bits per heavy atom. The number of esters is 3. The first-order valence-electron chi connectivity index (χ1n) is 31.5. The van der Waals surface area contributed by atoms with Gasteiger partial charge in [-0.1, -0.05) is 273 Å². The van der Waals surface area contributed by atoms with E-state index in [1.165, 1.54) is 167 Å². The summed E-state index contributed by atoms with van der Waals surface area (Å²) >= 11 is 0. The van der Waals surface area contributed by atoms with E-state index in [0.717, 1.165) is 103 Å². The lowest BCUT2D eigenvalue weighted by Crippen LogP contribution is -2.30. The molecule has 0 saturated carbocycles. The first-order chi connectivity index (χ1) is 36.3. The molecule has 0 atom stereocenters. The number of hydrogen-bond acceptors (Lipinski definition) is 9. The second-order valence-electron chi connectivity index (χ2n) is 20.9. The third-order valence-corrected chi connectivity index (χ3v) is 13.1. The fourth-order valence-corrected chi connectivity index (χ4v) is 8.26. The van der Waals surface area contributed by atoms with Crippen molar-refractivity contribution in [2.24, 2.45) is 0 Å². The van der Waals surface area contributed by atoms with E-state index < -0.39 is 24.0 Å². The van der Waals surface area contributed by atoms with Gasteiger partial charge in [-0.3, -0.25) is 28.8 Å². The first kappa shape index (κ1) is 78.3. The van der Waals surface area contributed by atoms with Gasteiger partial charge in [0.2, 0.25) is 0 Å². The quantitative estimate of drug-likeness (QED) is 0.0297. The molecule has 0 bridgehead atoms. The van der Waals surface area contributed by atoms with Gasteiger partial charge in [0.25, 0.3) is 0 Å². The van der Waals surface area contributed by atoms with Crippen molar-refractivity contribution in [3.8, 4) is 0 Å². The zero-order valence-corrected chi connectivity index (χ0v) is 49.9. The Bertz CT molecular complexity index is 1190. The topological polar surface area (TPSA) is 191 Å². The summed E-state index contributed by atoms with van der Waals surface area (Å²) in [5, 5.41) is 24.8. The third-order valence-electron chi connectivity index (χ3n) is 13.1. The Kier molecular flexibility index (Phi) is 71.9. The van der Waals surface area contributed by atoms with Gasteiger partial charge in [0.05, 0.1) is 0 Å². The van der Waals surface area contributed by atoms with Crippen LogP contribution in [0.25, 0.3) is 0 Å². The van der Waals surface area contributed by atoms with Crippen LogP contribution in [0.5, 0.6) is 0 Å². The fraction of sp³-hybridized carbons (Fsp3) is 0.905. The highest BCUT2D eigenvalue weighted by molar-refractivity contribution is 5.71. The molecule has 75 heavy (non-hydrogen) atoms. The number of carboxylic acid groups (broad SMARTS) is 3. The lowest BCUT2D eigenvalue weighted by Gasteiger charge is -2.18. The Morgan fingerprint density at radius 1 is 0.253 bits per heavy atom. The van der Waals surface area contributed by atoms with Gasteiger partial charge in [-0.15, -0.1) is 0 Å². The number of hydrogen-bond donors (Lipinski definition) is 3. The van der Waals surface area contributed by atoms with E-state index in [-0.39, 0.29) is 31.1 Å². The summed E-state index contributed by atoms with van der Waals surface area (Å²) in [6.45, 7) is 13.0. The Morgan fingerprint density at radius 2 is 0.427 bits per heavy atom. The molecule has 0 aliphatic heterocycles. The summed E-state index contributed by atoms with van der Waals surface area (Å²) in [6, 6.07) is 0. The average molecular weight is 1070 g/mol. The molecule has 12 nitrogen and oxygen atoms in total. The van der Waals surface area contributed by atoms with Gasteiger partial charge in [0.1, 0.15) is 13.2 Å². The van der Waals surface area contributed by atoms with Crippen LogP contribution in [-0.2, 0) is 43.0 Å². The molecular formula is C63H122O12. The minimum atomic E-state index is -0.754. The Hall–Kier alpha value is -3.18. The van der Waals surface area contributed by atoms with E-state index in [9.17, 15) is 28.8 Å². The largest absolute Gasteiger partial charge is 0.481 e. The zero-order chi connectivity index (χ0) is 56.5. The molecule has 0 aliphatic rings. The van der Waals surface area contributed by atoms with Crippen LogP contribution in [0.2, 0.25) is 0 Å². The van der Waals surface area contributed by atoms with E-state index in [1.807, 2.05) is 0 Å². The molecule has 0 aromatic rings. The molecule has 3 N–H and O–H groups in total. The maximum atomic E-state index is 12.6. The van der Waals surface area contributed by atoms with Crippen LogP contribution in [0.1, 0.15) is 350 Å². The summed E-state index contributed by atoms with van der Waals surface area (Å²) in [7, 11) is 0. The maximum absolute atomic E-state index is 12.6. The number of rotatable bonds is 53. The molecule has 0 rings (SSSR count). The minimum absolute atomic E-state index is 0.0644. The first-order valence-corrected chi connectivity index (χ1v) is 31.5. The Balaban J connectivity index is -0.000000669. The SMILES string of the molecule is CCCCCC(=O)O.CCCCCCCC(=O)O.CCCCCCCCCC(=O)O.CCCCCCCCCCCC(=O)OCC(COC(=O)CCCCCCCCCCC)OC(=O)CCCCCCCCCCC. The normalized spacial score (nSPS) is 10.6. The van der Waals surface area contributed by atoms with Gasteiger partial charge in [-0.2, -0.15) is 0 Å². The molecule has 0 aromatic carbocycles. The van der Waals surface area contributed by atoms with Crippen molar-refractivity contribution in [3.05, 3.63) is 0 Å². The summed E-state index contributed by atoms with van der Waals surface area (Å²) in [6.07, 6.45) is 50.1. The third kappa shape index (κ3) is 79.8. The van der Waals surface area contributed by atoms with E-state index in [4.69, 9.17) is 29.5 Å². The van der Waals surface area contributed by atoms with Crippen molar-refractivity contribution in [1.82, 2.24) is 0 Å². The summed E-state index contributed by atoms with van der Waals surface area (Å²) in [5.41, 5.74) is 0. The summed E-state index contributed by atoms with van der Waals surface area (Å²) in [4.78, 5) is 67.3. The lowest BCUT2D eigenvalue weighted by atomic mass is 10.1. The van der Waals surface area contributed by atoms with E-state index in [1.54, 1.807) is 0 Å². The van der Waals surface area contributed by atoms with Crippen molar-refractivity contribution in [2.45, 2.75) is 356 Å². The molecule has 0 amide bonds. The van der Waals surface area contributed by atoms with Crippen LogP contribution in [0.3, 0.4) is 0 Å². The van der Waals surface area contributed by atoms with E-state index in [2.05, 4.69) is 41.5 Å². The van der Waals surface area contributed by atoms with Gasteiger partial charge in [0.15, 0.2) is 6.10 Å². The Labute approximate surface area is 461 Å². The van der Waals surface area contributed by atoms with Crippen LogP contribution in [0.4, 0.5) is 0 Å².